The van der Waals surface area contributed by atoms with Crippen LogP contribution in [0.5, 0.6) is 0 Å². The van der Waals surface area contributed by atoms with Gasteiger partial charge >= 0.3 is 6.18 Å². The number of hydrogen-bond donors (Lipinski definition) is 1. The monoisotopic (exact) mass is 304 g/mol. The molecule has 106 valence electrons. The number of aromatic nitrogens is 3. The number of anilines is 1. The number of nitrogens with zero attached hydrogens (tertiary/aromatic N) is 3. The summed E-state index contributed by atoms with van der Waals surface area (Å²) < 4.78 is 38.1. The summed E-state index contributed by atoms with van der Waals surface area (Å²) >= 11 is 5.81. The first-order chi connectivity index (χ1) is 9.34. The summed E-state index contributed by atoms with van der Waals surface area (Å²) in [6, 6.07) is 1.86. The summed E-state index contributed by atoms with van der Waals surface area (Å²) in [5.41, 5.74) is -1.27. The largest absolute Gasteiger partial charge is 0.417 e. The van der Waals surface area contributed by atoms with E-state index in [9.17, 15) is 18.0 Å². The molecule has 0 radical (unpaired) electrons. The number of alkyl halides is 3. The van der Waals surface area contributed by atoms with Crippen molar-refractivity contribution in [1.82, 2.24) is 14.8 Å². The Morgan fingerprint density at radius 2 is 2.00 bits per heavy atom. The van der Waals surface area contributed by atoms with Gasteiger partial charge in [0.15, 0.2) is 5.82 Å². The van der Waals surface area contributed by atoms with Gasteiger partial charge in [0.25, 0.3) is 5.56 Å². The van der Waals surface area contributed by atoms with E-state index in [4.69, 9.17) is 11.6 Å². The number of rotatable bonds is 2. The van der Waals surface area contributed by atoms with Gasteiger partial charge < -0.3 is 5.32 Å². The Balaban J connectivity index is 2.48. The SMILES string of the molecule is CNc1cnn(-c2ccc(C(F)(F)F)cn2)c(=O)c1Cl. The summed E-state index contributed by atoms with van der Waals surface area (Å²) in [7, 11) is 1.56. The fourth-order valence-electron chi connectivity index (χ4n) is 1.45. The lowest BCUT2D eigenvalue weighted by atomic mass is 10.3. The molecule has 0 spiro atoms. The van der Waals surface area contributed by atoms with Crippen molar-refractivity contribution in [2.45, 2.75) is 6.18 Å². The lowest BCUT2D eigenvalue weighted by Gasteiger charge is -2.09. The van der Waals surface area contributed by atoms with E-state index in [0.717, 1.165) is 16.8 Å². The van der Waals surface area contributed by atoms with Crippen LogP contribution in [0.3, 0.4) is 0 Å². The third-order valence-corrected chi connectivity index (χ3v) is 2.85. The smallest absolute Gasteiger partial charge is 0.385 e. The van der Waals surface area contributed by atoms with Gasteiger partial charge in [-0.25, -0.2) is 4.98 Å². The molecular weight excluding hydrogens is 297 g/mol. The minimum atomic E-state index is -4.49. The van der Waals surface area contributed by atoms with Crippen molar-refractivity contribution in [2.24, 2.45) is 0 Å². The standard InChI is InChI=1S/C11H8ClF3N4O/c1-16-7-5-18-19(10(20)9(7)12)8-3-2-6(4-17-8)11(13,14)15/h2-5,16H,1H3. The highest BCUT2D eigenvalue weighted by atomic mass is 35.5. The molecule has 0 fully saturated rings. The zero-order valence-corrected chi connectivity index (χ0v) is 10.8. The summed E-state index contributed by atoms with van der Waals surface area (Å²) in [6.07, 6.45) is -2.58. The van der Waals surface area contributed by atoms with Gasteiger partial charge in [0.05, 0.1) is 17.4 Å². The Labute approximate surface area is 116 Å². The predicted molar refractivity (Wildman–Crippen MR) is 67.2 cm³/mol. The molecule has 0 bridgehead atoms. The fourth-order valence-corrected chi connectivity index (χ4v) is 1.67. The number of pyridine rings is 1. The second kappa shape index (κ2) is 5.12. The molecule has 0 amide bonds. The Kier molecular flexibility index (Phi) is 3.67. The molecule has 5 nitrogen and oxygen atoms in total. The molecule has 0 unspecified atom stereocenters. The zero-order chi connectivity index (χ0) is 14.9. The molecule has 9 heteroatoms. The second-order valence-corrected chi connectivity index (χ2v) is 4.12. The normalized spacial score (nSPS) is 11.4. The van der Waals surface area contributed by atoms with Crippen LogP contribution in [0.15, 0.2) is 29.3 Å². The average molecular weight is 305 g/mol. The van der Waals surface area contributed by atoms with E-state index in [-0.39, 0.29) is 10.8 Å². The maximum absolute atomic E-state index is 12.4. The summed E-state index contributed by atoms with van der Waals surface area (Å²) in [4.78, 5) is 15.5. The molecule has 0 aromatic carbocycles. The zero-order valence-electron chi connectivity index (χ0n) is 10.1. The van der Waals surface area contributed by atoms with E-state index in [1.165, 1.54) is 6.20 Å². The molecule has 0 aliphatic carbocycles. The molecule has 2 heterocycles. The number of hydrogen-bond acceptors (Lipinski definition) is 4. The highest BCUT2D eigenvalue weighted by Gasteiger charge is 2.30. The Morgan fingerprint density at radius 1 is 1.30 bits per heavy atom. The van der Waals surface area contributed by atoms with Crippen molar-refractivity contribution >= 4 is 17.3 Å². The summed E-state index contributed by atoms with van der Waals surface area (Å²) in [6.45, 7) is 0. The molecule has 0 atom stereocenters. The second-order valence-electron chi connectivity index (χ2n) is 3.74. The van der Waals surface area contributed by atoms with E-state index in [2.05, 4.69) is 15.4 Å². The van der Waals surface area contributed by atoms with Crippen LogP contribution in [0.4, 0.5) is 18.9 Å². The van der Waals surface area contributed by atoms with E-state index in [1.54, 1.807) is 7.05 Å². The van der Waals surface area contributed by atoms with Crippen LogP contribution >= 0.6 is 11.6 Å². The van der Waals surface area contributed by atoms with E-state index >= 15 is 0 Å². The Hall–Kier alpha value is -2.09. The van der Waals surface area contributed by atoms with Crippen LogP contribution in [0.25, 0.3) is 5.82 Å². The molecular formula is C11H8ClF3N4O. The highest BCUT2D eigenvalue weighted by molar-refractivity contribution is 6.32. The Bertz CT molecular complexity index is 682. The molecule has 1 N–H and O–H groups in total. The third-order valence-electron chi connectivity index (χ3n) is 2.48. The number of halogens is 4. The molecule has 0 saturated carbocycles. The van der Waals surface area contributed by atoms with Crippen LogP contribution in [0, 0.1) is 0 Å². The fraction of sp³-hybridized carbons (Fsp3) is 0.182. The van der Waals surface area contributed by atoms with Crippen molar-refractivity contribution in [1.29, 1.82) is 0 Å². The van der Waals surface area contributed by atoms with Crippen molar-refractivity contribution in [3.05, 3.63) is 45.5 Å². The van der Waals surface area contributed by atoms with Crippen LogP contribution in [0.1, 0.15) is 5.56 Å². The first-order valence-electron chi connectivity index (χ1n) is 5.34. The van der Waals surface area contributed by atoms with Crippen LogP contribution in [-0.4, -0.2) is 21.8 Å². The van der Waals surface area contributed by atoms with Gasteiger partial charge in [-0.2, -0.15) is 23.0 Å². The summed E-state index contributed by atoms with van der Waals surface area (Å²) in [5.74, 6) is -0.0486. The summed E-state index contributed by atoms with van der Waals surface area (Å²) in [5, 5.41) is 6.33. The third kappa shape index (κ3) is 2.60. The minimum Gasteiger partial charge on any atom is -0.385 e. The van der Waals surface area contributed by atoms with E-state index in [0.29, 0.717) is 11.9 Å². The number of nitrogens with one attached hydrogen (secondary N) is 1. The van der Waals surface area contributed by atoms with E-state index < -0.39 is 17.3 Å². The average Bonchev–Trinajstić information content (AvgIpc) is 2.41. The molecule has 0 aliphatic rings. The van der Waals surface area contributed by atoms with Gasteiger partial charge in [0.2, 0.25) is 0 Å². The maximum atomic E-state index is 12.4. The van der Waals surface area contributed by atoms with E-state index in [1.807, 2.05) is 0 Å². The maximum Gasteiger partial charge on any atom is 0.417 e. The quantitative estimate of drug-likeness (QED) is 0.925. The molecule has 2 aromatic heterocycles. The highest BCUT2D eigenvalue weighted by Crippen LogP contribution is 2.28. The lowest BCUT2D eigenvalue weighted by molar-refractivity contribution is -0.137. The molecule has 2 aromatic rings. The van der Waals surface area contributed by atoms with Crippen molar-refractivity contribution in [2.75, 3.05) is 12.4 Å². The lowest BCUT2D eigenvalue weighted by Crippen LogP contribution is -2.23. The van der Waals surface area contributed by atoms with Gasteiger partial charge in [-0.15, -0.1) is 0 Å². The van der Waals surface area contributed by atoms with Gasteiger partial charge in [-0.3, -0.25) is 4.79 Å². The van der Waals surface area contributed by atoms with Crippen LogP contribution < -0.4 is 10.9 Å². The van der Waals surface area contributed by atoms with Crippen molar-refractivity contribution in [3.63, 3.8) is 0 Å². The molecule has 2 rings (SSSR count). The Morgan fingerprint density at radius 3 is 2.50 bits per heavy atom. The molecule has 0 aliphatic heterocycles. The van der Waals surface area contributed by atoms with Gasteiger partial charge in [0, 0.05) is 13.2 Å². The predicted octanol–water partition coefficient (Wildman–Crippen LogP) is 2.34. The minimum absolute atomic E-state index is 0.0486. The van der Waals surface area contributed by atoms with Crippen LogP contribution in [-0.2, 0) is 6.18 Å². The van der Waals surface area contributed by atoms with Gasteiger partial charge in [0.1, 0.15) is 5.02 Å². The molecule has 0 saturated heterocycles. The molecule has 20 heavy (non-hydrogen) atoms. The van der Waals surface area contributed by atoms with Gasteiger partial charge in [-0.05, 0) is 12.1 Å². The van der Waals surface area contributed by atoms with Crippen molar-refractivity contribution < 1.29 is 13.2 Å². The van der Waals surface area contributed by atoms with Gasteiger partial charge in [-0.1, -0.05) is 11.6 Å². The first-order valence-corrected chi connectivity index (χ1v) is 5.71. The topological polar surface area (TPSA) is 59.8 Å². The first kappa shape index (κ1) is 14.3. The van der Waals surface area contributed by atoms with Crippen molar-refractivity contribution in [3.8, 4) is 5.82 Å². The van der Waals surface area contributed by atoms with Crippen LogP contribution in [0.2, 0.25) is 5.02 Å².